The lowest BCUT2D eigenvalue weighted by Gasteiger charge is -2.15. The minimum absolute atomic E-state index is 0.604. The summed E-state index contributed by atoms with van der Waals surface area (Å²) in [4.78, 5) is 0. The minimum atomic E-state index is 0.604. The number of rotatable bonds is 2. The molecular formula is C19H18N2S. The van der Waals surface area contributed by atoms with Crippen molar-refractivity contribution >= 4 is 39.5 Å². The van der Waals surface area contributed by atoms with Crippen molar-refractivity contribution in [3.8, 4) is 0 Å². The Bertz CT molecular complexity index is 819. The molecule has 0 aliphatic rings. The van der Waals surface area contributed by atoms with E-state index >= 15 is 0 Å². The summed E-state index contributed by atoms with van der Waals surface area (Å²) in [5.41, 5.74) is 4.42. The van der Waals surface area contributed by atoms with Crippen molar-refractivity contribution in [1.82, 2.24) is 0 Å². The van der Waals surface area contributed by atoms with E-state index in [-0.39, 0.29) is 0 Å². The Hall–Kier alpha value is -2.39. The summed E-state index contributed by atoms with van der Waals surface area (Å²) in [5, 5.41) is 9.58. The van der Waals surface area contributed by atoms with Crippen LogP contribution in [0.15, 0.2) is 60.7 Å². The fourth-order valence-corrected chi connectivity index (χ4v) is 2.77. The fourth-order valence-electron chi connectivity index (χ4n) is 2.55. The van der Waals surface area contributed by atoms with Crippen molar-refractivity contribution in [2.45, 2.75) is 13.8 Å². The zero-order chi connectivity index (χ0) is 15.5. The van der Waals surface area contributed by atoms with E-state index in [1.807, 2.05) is 18.2 Å². The van der Waals surface area contributed by atoms with Gasteiger partial charge < -0.3 is 10.6 Å². The van der Waals surface area contributed by atoms with Gasteiger partial charge in [0, 0.05) is 11.4 Å². The Morgan fingerprint density at radius 2 is 1.45 bits per heavy atom. The third-order valence-electron chi connectivity index (χ3n) is 3.73. The van der Waals surface area contributed by atoms with Gasteiger partial charge in [0.05, 0.1) is 0 Å². The zero-order valence-electron chi connectivity index (χ0n) is 12.7. The molecule has 0 fully saturated rings. The van der Waals surface area contributed by atoms with Crippen molar-refractivity contribution in [2.75, 3.05) is 10.6 Å². The molecule has 110 valence electrons. The summed E-state index contributed by atoms with van der Waals surface area (Å²) in [6, 6.07) is 20.7. The van der Waals surface area contributed by atoms with Crippen LogP contribution in [-0.2, 0) is 0 Å². The molecule has 0 amide bonds. The van der Waals surface area contributed by atoms with E-state index in [0.29, 0.717) is 5.11 Å². The van der Waals surface area contributed by atoms with Gasteiger partial charge in [-0.15, -0.1) is 0 Å². The first-order valence-corrected chi connectivity index (χ1v) is 7.67. The van der Waals surface area contributed by atoms with Crippen molar-refractivity contribution in [1.29, 1.82) is 0 Å². The van der Waals surface area contributed by atoms with Crippen LogP contribution in [0.4, 0.5) is 11.4 Å². The fraction of sp³-hybridized carbons (Fsp3) is 0.105. The van der Waals surface area contributed by atoms with Gasteiger partial charge in [0.15, 0.2) is 5.11 Å². The maximum atomic E-state index is 5.44. The number of aryl methyl sites for hydroxylation is 2. The molecule has 3 aromatic rings. The summed E-state index contributed by atoms with van der Waals surface area (Å²) < 4.78 is 0. The highest BCUT2D eigenvalue weighted by Gasteiger charge is 2.05. The summed E-state index contributed by atoms with van der Waals surface area (Å²) in [6.07, 6.45) is 0. The van der Waals surface area contributed by atoms with Gasteiger partial charge in [0.2, 0.25) is 0 Å². The molecular weight excluding hydrogens is 288 g/mol. The average molecular weight is 306 g/mol. The molecule has 0 saturated carbocycles. The Morgan fingerprint density at radius 3 is 2.18 bits per heavy atom. The smallest absolute Gasteiger partial charge is 0.175 e. The third kappa shape index (κ3) is 3.10. The quantitative estimate of drug-likeness (QED) is 0.631. The number of para-hydroxylation sites is 1. The molecule has 0 heterocycles. The van der Waals surface area contributed by atoms with E-state index in [2.05, 4.69) is 66.9 Å². The predicted octanol–water partition coefficient (Wildman–Crippen LogP) is 5.27. The highest BCUT2D eigenvalue weighted by molar-refractivity contribution is 7.80. The van der Waals surface area contributed by atoms with Crippen molar-refractivity contribution in [3.05, 3.63) is 71.8 Å². The molecule has 2 N–H and O–H groups in total. The minimum Gasteiger partial charge on any atom is -0.332 e. The van der Waals surface area contributed by atoms with E-state index in [1.165, 1.54) is 21.9 Å². The van der Waals surface area contributed by atoms with Crippen LogP contribution in [-0.4, -0.2) is 5.11 Å². The molecule has 0 aromatic heterocycles. The third-order valence-corrected chi connectivity index (χ3v) is 3.93. The Morgan fingerprint density at radius 1 is 0.773 bits per heavy atom. The van der Waals surface area contributed by atoms with Crippen molar-refractivity contribution in [2.24, 2.45) is 0 Å². The Balaban J connectivity index is 1.78. The number of anilines is 2. The second-order valence-electron chi connectivity index (χ2n) is 5.41. The average Bonchev–Trinajstić information content (AvgIpc) is 2.51. The lowest BCUT2D eigenvalue weighted by Crippen LogP contribution is -2.20. The van der Waals surface area contributed by atoms with E-state index in [9.17, 15) is 0 Å². The van der Waals surface area contributed by atoms with Crippen LogP contribution in [0.3, 0.4) is 0 Å². The first-order valence-electron chi connectivity index (χ1n) is 7.26. The number of hydrogen-bond acceptors (Lipinski definition) is 1. The van der Waals surface area contributed by atoms with Crippen molar-refractivity contribution in [3.63, 3.8) is 0 Å². The summed E-state index contributed by atoms with van der Waals surface area (Å²) >= 11 is 5.44. The molecule has 3 heteroatoms. The molecule has 0 atom stereocenters. The number of fused-ring (bicyclic) bond motifs is 1. The van der Waals surface area contributed by atoms with E-state index in [4.69, 9.17) is 12.2 Å². The standard InChI is InChI=1S/C19H18N2S/c1-13-6-5-7-14(2)18(13)21-19(22)20-17-11-10-15-8-3-4-9-16(15)12-17/h3-12H,1-2H3,(H2,20,21,22). The number of hydrogen-bond donors (Lipinski definition) is 2. The molecule has 3 aromatic carbocycles. The van der Waals surface area contributed by atoms with Gasteiger partial charge in [-0.05, 0) is 60.1 Å². The molecule has 0 aliphatic carbocycles. The van der Waals surface area contributed by atoms with Crippen LogP contribution in [0.5, 0.6) is 0 Å². The van der Waals surface area contributed by atoms with Gasteiger partial charge in [0.1, 0.15) is 0 Å². The van der Waals surface area contributed by atoms with Crippen LogP contribution in [0.25, 0.3) is 10.8 Å². The topological polar surface area (TPSA) is 24.1 Å². The largest absolute Gasteiger partial charge is 0.332 e. The molecule has 0 unspecified atom stereocenters. The molecule has 0 saturated heterocycles. The lowest BCUT2D eigenvalue weighted by molar-refractivity contribution is 1.38. The lowest BCUT2D eigenvalue weighted by atomic mass is 10.1. The summed E-state index contributed by atoms with van der Waals surface area (Å²) in [5.74, 6) is 0. The molecule has 0 bridgehead atoms. The normalized spacial score (nSPS) is 10.5. The number of benzene rings is 3. The Labute approximate surface area is 136 Å². The molecule has 0 radical (unpaired) electrons. The summed E-state index contributed by atoms with van der Waals surface area (Å²) in [6.45, 7) is 4.15. The van der Waals surface area contributed by atoms with Gasteiger partial charge >= 0.3 is 0 Å². The number of nitrogens with one attached hydrogen (secondary N) is 2. The SMILES string of the molecule is Cc1cccc(C)c1NC(=S)Nc1ccc2ccccc2c1. The van der Waals surface area contributed by atoms with E-state index < -0.39 is 0 Å². The predicted molar refractivity (Wildman–Crippen MR) is 99.7 cm³/mol. The maximum absolute atomic E-state index is 5.44. The van der Waals surface area contributed by atoms with E-state index in [0.717, 1.165) is 11.4 Å². The monoisotopic (exact) mass is 306 g/mol. The molecule has 2 nitrogen and oxygen atoms in total. The number of thiocarbonyl (C=S) groups is 1. The van der Waals surface area contributed by atoms with Gasteiger partial charge in [-0.1, -0.05) is 48.5 Å². The highest BCUT2D eigenvalue weighted by Crippen LogP contribution is 2.21. The first kappa shape index (κ1) is 14.5. The van der Waals surface area contributed by atoms with Crippen LogP contribution in [0.2, 0.25) is 0 Å². The maximum Gasteiger partial charge on any atom is 0.175 e. The van der Waals surface area contributed by atoms with Crippen molar-refractivity contribution < 1.29 is 0 Å². The second-order valence-corrected chi connectivity index (χ2v) is 5.82. The van der Waals surface area contributed by atoms with Crippen LogP contribution >= 0.6 is 12.2 Å². The van der Waals surface area contributed by atoms with Gasteiger partial charge in [-0.3, -0.25) is 0 Å². The summed E-state index contributed by atoms with van der Waals surface area (Å²) in [7, 11) is 0. The van der Waals surface area contributed by atoms with Gasteiger partial charge in [-0.2, -0.15) is 0 Å². The second kappa shape index (κ2) is 6.16. The van der Waals surface area contributed by atoms with Crippen LogP contribution < -0.4 is 10.6 Å². The molecule has 0 spiro atoms. The molecule has 3 rings (SSSR count). The van der Waals surface area contributed by atoms with Crippen LogP contribution in [0, 0.1) is 13.8 Å². The zero-order valence-corrected chi connectivity index (χ0v) is 13.5. The molecule has 22 heavy (non-hydrogen) atoms. The first-order chi connectivity index (χ1) is 10.6. The highest BCUT2D eigenvalue weighted by atomic mass is 32.1. The molecule has 0 aliphatic heterocycles. The van der Waals surface area contributed by atoms with Gasteiger partial charge in [-0.25, -0.2) is 0 Å². The van der Waals surface area contributed by atoms with Crippen LogP contribution in [0.1, 0.15) is 11.1 Å². The van der Waals surface area contributed by atoms with Gasteiger partial charge in [0.25, 0.3) is 0 Å². The van der Waals surface area contributed by atoms with E-state index in [1.54, 1.807) is 0 Å². The Kier molecular flexibility index (Phi) is 4.07.